The average Bonchev–Trinajstić information content (AvgIpc) is 2.72. The first-order chi connectivity index (χ1) is 6.86. The van der Waals surface area contributed by atoms with Gasteiger partial charge < -0.3 is 5.32 Å². The van der Waals surface area contributed by atoms with Crippen LogP contribution in [0, 0.1) is 5.92 Å². The van der Waals surface area contributed by atoms with Crippen LogP contribution in [0.4, 0.5) is 0 Å². The van der Waals surface area contributed by atoms with Gasteiger partial charge in [0.05, 0.1) is 0 Å². The third kappa shape index (κ3) is 2.46. The predicted molar refractivity (Wildman–Crippen MR) is 63.6 cm³/mol. The molecule has 1 aliphatic heterocycles. The molecule has 0 radical (unpaired) electrons. The van der Waals surface area contributed by atoms with E-state index in [0.717, 1.165) is 5.92 Å². The first kappa shape index (κ1) is 9.94. The normalized spacial score (nSPS) is 19.9. The molecule has 0 bridgehead atoms. The molecule has 0 saturated carbocycles. The van der Waals surface area contributed by atoms with E-state index in [1.165, 1.54) is 30.8 Å². The lowest BCUT2D eigenvalue weighted by molar-refractivity contribution is 0.421. The van der Waals surface area contributed by atoms with E-state index in [2.05, 4.69) is 35.8 Å². The van der Waals surface area contributed by atoms with Crippen LogP contribution in [0.5, 0.6) is 0 Å². The number of hydrogen-bond acceptors (Lipinski definition) is 2. The Hall–Kier alpha value is -0.600. The van der Waals surface area contributed by atoms with E-state index in [9.17, 15) is 0 Å². The second kappa shape index (κ2) is 4.76. The van der Waals surface area contributed by atoms with Crippen molar-refractivity contribution in [1.82, 2.24) is 5.32 Å². The highest BCUT2D eigenvalue weighted by Crippen LogP contribution is 2.24. The van der Waals surface area contributed by atoms with Crippen LogP contribution in [0.2, 0.25) is 0 Å². The third-order valence-corrected chi connectivity index (χ3v) is 3.72. The summed E-state index contributed by atoms with van der Waals surface area (Å²) in [6.07, 6.45) is 4.95. The van der Waals surface area contributed by atoms with Crippen LogP contribution in [-0.4, -0.2) is 13.1 Å². The Labute approximate surface area is 89.8 Å². The van der Waals surface area contributed by atoms with Crippen molar-refractivity contribution in [1.29, 1.82) is 0 Å². The fraction of sp³-hybridized carbons (Fsp3) is 0.500. The standard InChI is InChI=1S/C12H17NS/c1-10(9-12-3-2-8-14-12)11-4-6-13-7-5-11/h2-3,8-9,11,13H,4-7H2,1H3/b10-9-. The fourth-order valence-electron chi connectivity index (χ4n) is 1.99. The van der Waals surface area contributed by atoms with Crippen LogP contribution >= 0.6 is 11.3 Å². The van der Waals surface area contributed by atoms with Crippen molar-refractivity contribution in [3.05, 3.63) is 28.0 Å². The Balaban J connectivity index is 2.02. The van der Waals surface area contributed by atoms with Crippen LogP contribution in [-0.2, 0) is 0 Å². The molecule has 0 aromatic carbocycles. The summed E-state index contributed by atoms with van der Waals surface area (Å²) in [4.78, 5) is 1.39. The van der Waals surface area contributed by atoms with Crippen molar-refractivity contribution >= 4 is 17.4 Å². The smallest absolute Gasteiger partial charge is 0.0269 e. The van der Waals surface area contributed by atoms with Crippen LogP contribution in [0.15, 0.2) is 23.1 Å². The highest BCUT2D eigenvalue weighted by molar-refractivity contribution is 7.10. The summed E-state index contributed by atoms with van der Waals surface area (Å²) in [6.45, 7) is 4.64. The fourth-order valence-corrected chi connectivity index (χ4v) is 2.72. The van der Waals surface area contributed by atoms with Crippen LogP contribution < -0.4 is 5.32 Å². The maximum Gasteiger partial charge on any atom is 0.0269 e. The van der Waals surface area contributed by atoms with Crippen molar-refractivity contribution in [2.24, 2.45) is 5.92 Å². The van der Waals surface area contributed by atoms with Crippen molar-refractivity contribution < 1.29 is 0 Å². The predicted octanol–water partition coefficient (Wildman–Crippen LogP) is 3.15. The van der Waals surface area contributed by atoms with Gasteiger partial charge in [0, 0.05) is 4.88 Å². The van der Waals surface area contributed by atoms with Gasteiger partial charge in [-0.25, -0.2) is 0 Å². The molecule has 1 aromatic heterocycles. The van der Waals surface area contributed by atoms with E-state index in [-0.39, 0.29) is 0 Å². The molecule has 0 aliphatic carbocycles. The number of hydrogen-bond donors (Lipinski definition) is 1. The van der Waals surface area contributed by atoms with Crippen LogP contribution in [0.3, 0.4) is 0 Å². The first-order valence-electron chi connectivity index (χ1n) is 5.28. The first-order valence-corrected chi connectivity index (χ1v) is 6.16. The van der Waals surface area contributed by atoms with Gasteiger partial charge in [-0.3, -0.25) is 0 Å². The van der Waals surface area contributed by atoms with Crippen LogP contribution in [0.1, 0.15) is 24.6 Å². The van der Waals surface area contributed by atoms with Crippen LogP contribution in [0.25, 0.3) is 6.08 Å². The summed E-state index contributed by atoms with van der Waals surface area (Å²) in [5, 5.41) is 5.54. The van der Waals surface area contributed by atoms with Gasteiger partial charge in [0.15, 0.2) is 0 Å². The zero-order valence-electron chi connectivity index (χ0n) is 8.62. The molecule has 1 aromatic rings. The summed E-state index contributed by atoms with van der Waals surface area (Å²) >= 11 is 1.82. The summed E-state index contributed by atoms with van der Waals surface area (Å²) in [5.74, 6) is 0.804. The highest BCUT2D eigenvalue weighted by Gasteiger charge is 2.14. The molecule has 2 rings (SSSR count). The maximum absolute atomic E-state index is 3.40. The zero-order chi connectivity index (χ0) is 9.80. The summed E-state index contributed by atoms with van der Waals surface area (Å²) in [6, 6.07) is 4.31. The Kier molecular flexibility index (Phi) is 3.38. The van der Waals surface area contributed by atoms with Crippen molar-refractivity contribution in [3.63, 3.8) is 0 Å². The summed E-state index contributed by atoms with van der Waals surface area (Å²) < 4.78 is 0. The number of rotatable bonds is 2. The number of allylic oxidation sites excluding steroid dienone is 1. The molecule has 1 N–H and O–H groups in total. The second-order valence-electron chi connectivity index (χ2n) is 3.93. The molecule has 1 nitrogen and oxygen atoms in total. The number of piperidine rings is 1. The number of nitrogens with one attached hydrogen (secondary N) is 1. The second-order valence-corrected chi connectivity index (χ2v) is 4.91. The monoisotopic (exact) mass is 207 g/mol. The molecule has 2 heteroatoms. The molecular weight excluding hydrogens is 190 g/mol. The van der Waals surface area contributed by atoms with E-state index < -0.39 is 0 Å². The molecule has 0 spiro atoms. The lowest BCUT2D eigenvalue weighted by Gasteiger charge is -2.23. The minimum absolute atomic E-state index is 0.804. The van der Waals surface area contributed by atoms with Gasteiger partial charge >= 0.3 is 0 Å². The van der Waals surface area contributed by atoms with Gasteiger partial charge in [0.1, 0.15) is 0 Å². The largest absolute Gasteiger partial charge is 0.317 e. The average molecular weight is 207 g/mol. The van der Waals surface area contributed by atoms with Crippen molar-refractivity contribution in [3.8, 4) is 0 Å². The van der Waals surface area contributed by atoms with E-state index >= 15 is 0 Å². The van der Waals surface area contributed by atoms with E-state index in [4.69, 9.17) is 0 Å². The minimum atomic E-state index is 0.804. The Morgan fingerprint density at radius 3 is 2.93 bits per heavy atom. The molecule has 0 atom stereocenters. The molecule has 1 fully saturated rings. The molecular formula is C12H17NS. The van der Waals surface area contributed by atoms with E-state index in [1.54, 1.807) is 5.57 Å². The Morgan fingerprint density at radius 1 is 1.50 bits per heavy atom. The molecule has 76 valence electrons. The van der Waals surface area contributed by atoms with Crippen molar-refractivity contribution in [2.45, 2.75) is 19.8 Å². The zero-order valence-corrected chi connectivity index (χ0v) is 9.44. The molecule has 2 heterocycles. The molecule has 1 saturated heterocycles. The summed E-state index contributed by atoms with van der Waals surface area (Å²) in [5.41, 5.74) is 1.55. The lowest BCUT2D eigenvalue weighted by Crippen LogP contribution is -2.28. The number of thiophene rings is 1. The lowest BCUT2D eigenvalue weighted by atomic mass is 9.90. The van der Waals surface area contributed by atoms with Crippen molar-refractivity contribution in [2.75, 3.05) is 13.1 Å². The van der Waals surface area contributed by atoms with E-state index in [1.807, 2.05) is 11.3 Å². The maximum atomic E-state index is 3.40. The van der Waals surface area contributed by atoms with Gasteiger partial charge in [0.2, 0.25) is 0 Å². The van der Waals surface area contributed by atoms with Gasteiger partial charge in [0.25, 0.3) is 0 Å². The van der Waals surface area contributed by atoms with Gasteiger partial charge in [-0.15, -0.1) is 11.3 Å². The Bertz CT molecular complexity index is 294. The topological polar surface area (TPSA) is 12.0 Å². The van der Waals surface area contributed by atoms with Gasteiger partial charge in [-0.2, -0.15) is 0 Å². The minimum Gasteiger partial charge on any atom is -0.317 e. The summed E-state index contributed by atoms with van der Waals surface area (Å²) in [7, 11) is 0. The quantitative estimate of drug-likeness (QED) is 0.785. The molecule has 1 aliphatic rings. The molecule has 0 amide bonds. The SMILES string of the molecule is C/C(=C/c1cccs1)C1CCNCC1. The molecule has 0 unspecified atom stereocenters. The highest BCUT2D eigenvalue weighted by atomic mass is 32.1. The van der Waals surface area contributed by atoms with Gasteiger partial charge in [-0.1, -0.05) is 11.6 Å². The van der Waals surface area contributed by atoms with E-state index in [0.29, 0.717) is 0 Å². The molecule has 14 heavy (non-hydrogen) atoms. The van der Waals surface area contributed by atoms with Gasteiger partial charge in [-0.05, 0) is 56.3 Å². The Morgan fingerprint density at radius 2 is 2.29 bits per heavy atom. The third-order valence-electron chi connectivity index (χ3n) is 2.90.